The molecule has 0 bridgehead atoms. The number of nitro groups is 1. The highest BCUT2D eigenvalue weighted by molar-refractivity contribution is 6.11. The number of nitro benzene ring substituents is 1. The number of hydrogen-bond acceptors (Lipinski definition) is 6. The molecular weight excluding hydrogens is 379 g/mol. The summed E-state index contributed by atoms with van der Waals surface area (Å²) in [6, 6.07) is 13.3. The van der Waals surface area contributed by atoms with Crippen molar-refractivity contribution >= 4 is 23.0 Å². The molecule has 1 atom stereocenters. The zero-order valence-electron chi connectivity index (χ0n) is 15.2. The van der Waals surface area contributed by atoms with Crippen LogP contribution in [0, 0.1) is 15.9 Å². The normalized spacial score (nSPS) is 15.2. The molecule has 0 spiro atoms. The van der Waals surface area contributed by atoms with Crippen LogP contribution in [-0.2, 0) is 0 Å². The first-order valence-electron chi connectivity index (χ1n) is 8.62. The molecule has 0 fully saturated rings. The van der Waals surface area contributed by atoms with E-state index >= 15 is 0 Å². The minimum Gasteiger partial charge on any atom is -0.497 e. The molecule has 2 heterocycles. The van der Waals surface area contributed by atoms with E-state index in [-0.39, 0.29) is 17.3 Å². The fourth-order valence-electron chi connectivity index (χ4n) is 3.23. The number of anilines is 2. The fraction of sp³-hybridized carbons (Fsp3) is 0.100. The number of hydrogen-bond donors (Lipinski definition) is 1. The molecule has 1 aliphatic heterocycles. The smallest absolute Gasteiger partial charge is 0.271 e. The van der Waals surface area contributed by atoms with Crippen molar-refractivity contribution in [2.45, 2.75) is 6.17 Å². The third-order valence-corrected chi connectivity index (χ3v) is 4.59. The van der Waals surface area contributed by atoms with Crippen molar-refractivity contribution < 1.29 is 18.8 Å². The summed E-state index contributed by atoms with van der Waals surface area (Å²) >= 11 is 0. The highest BCUT2D eigenvalue weighted by Crippen LogP contribution is 2.38. The Morgan fingerprint density at radius 1 is 1.21 bits per heavy atom. The first-order valence-corrected chi connectivity index (χ1v) is 8.62. The van der Waals surface area contributed by atoms with E-state index < -0.39 is 16.9 Å². The SMILES string of the molecule is COc1cccc(N2C(=O)c3cccnc3[C@H]2Nc2cc([N+](=O)[O-])ccc2F)c1. The van der Waals surface area contributed by atoms with E-state index in [9.17, 15) is 19.3 Å². The Morgan fingerprint density at radius 2 is 2.03 bits per heavy atom. The van der Waals surface area contributed by atoms with Gasteiger partial charge in [0.05, 0.1) is 34.7 Å². The molecule has 4 rings (SSSR count). The molecule has 0 saturated carbocycles. The molecule has 0 unspecified atom stereocenters. The molecule has 8 nitrogen and oxygen atoms in total. The van der Waals surface area contributed by atoms with Gasteiger partial charge in [-0.2, -0.15) is 0 Å². The molecule has 29 heavy (non-hydrogen) atoms. The van der Waals surface area contributed by atoms with Gasteiger partial charge >= 0.3 is 0 Å². The Kier molecular flexibility index (Phi) is 4.55. The Morgan fingerprint density at radius 3 is 2.79 bits per heavy atom. The predicted octanol–water partition coefficient (Wildman–Crippen LogP) is 3.91. The van der Waals surface area contributed by atoms with Crippen LogP contribution in [0.3, 0.4) is 0 Å². The number of nitrogens with zero attached hydrogens (tertiary/aromatic N) is 3. The van der Waals surface area contributed by atoms with E-state index in [0.717, 1.165) is 18.2 Å². The summed E-state index contributed by atoms with van der Waals surface area (Å²) < 4.78 is 19.6. The largest absolute Gasteiger partial charge is 0.497 e. The summed E-state index contributed by atoms with van der Waals surface area (Å²) in [4.78, 5) is 29.2. The molecule has 9 heteroatoms. The molecule has 1 aromatic heterocycles. The van der Waals surface area contributed by atoms with Crippen LogP contribution >= 0.6 is 0 Å². The van der Waals surface area contributed by atoms with E-state index in [1.165, 1.54) is 18.2 Å². The maximum Gasteiger partial charge on any atom is 0.271 e. The standard InChI is InChI=1S/C20H15FN4O4/c1-29-14-5-2-4-12(10-14)24-19(18-15(20(24)26)6-3-9-22-18)23-17-11-13(25(27)28)7-8-16(17)21/h2-11,19,23H,1H3/t19-/m0/s1. The van der Waals surface area contributed by atoms with Crippen molar-refractivity contribution in [2.75, 3.05) is 17.3 Å². The number of aromatic nitrogens is 1. The van der Waals surface area contributed by atoms with E-state index in [0.29, 0.717) is 22.7 Å². The summed E-state index contributed by atoms with van der Waals surface area (Å²) in [6.45, 7) is 0. The summed E-state index contributed by atoms with van der Waals surface area (Å²) in [6.07, 6.45) is 0.668. The predicted molar refractivity (Wildman–Crippen MR) is 103 cm³/mol. The van der Waals surface area contributed by atoms with Crippen LogP contribution in [0.25, 0.3) is 0 Å². The lowest BCUT2D eigenvalue weighted by Gasteiger charge is -2.27. The van der Waals surface area contributed by atoms with E-state index in [1.807, 2.05) is 0 Å². The van der Waals surface area contributed by atoms with E-state index in [1.54, 1.807) is 36.4 Å². The Balaban J connectivity index is 1.81. The maximum absolute atomic E-state index is 14.4. The van der Waals surface area contributed by atoms with Crippen molar-refractivity contribution in [1.82, 2.24) is 4.98 Å². The third kappa shape index (κ3) is 3.22. The number of amides is 1. The van der Waals surface area contributed by atoms with Gasteiger partial charge in [0, 0.05) is 24.4 Å². The third-order valence-electron chi connectivity index (χ3n) is 4.59. The van der Waals surface area contributed by atoms with Gasteiger partial charge in [0.25, 0.3) is 11.6 Å². The van der Waals surface area contributed by atoms with Gasteiger partial charge in [-0.3, -0.25) is 24.8 Å². The molecule has 1 aliphatic rings. The van der Waals surface area contributed by atoms with Gasteiger partial charge in [-0.25, -0.2) is 4.39 Å². The molecular formula is C20H15FN4O4. The number of fused-ring (bicyclic) bond motifs is 1. The first-order chi connectivity index (χ1) is 14.0. The van der Waals surface area contributed by atoms with Crippen LogP contribution < -0.4 is 15.0 Å². The van der Waals surface area contributed by atoms with Crippen molar-refractivity contribution in [3.63, 3.8) is 0 Å². The second kappa shape index (κ2) is 7.19. The lowest BCUT2D eigenvalue weighted by atomic mass is 10.2. The van der Waals surface area contributed by atoms with Gasteiger partial charge in [-0.1, -0.05) is 6.07 Å². The van der Waals surface area contributed by atoms with Crippen LogP contribution in [0.1, 0.15) is 22.2 Å². The van der Waals surface area contributed by atoms with Gasteiger partial charge in [0.1, 0.15) is 11.6 Å². The topological polar surface area (TPSA) is 97.6 Å². The summed E-state index contributed by atoms with van der Waals surface area (Å²) in [5.41, 5.74) is 0.886. The van der Waals surface area contributed by atoms with Gasteiger partial charge in [-0.15, -0.1) is 0 Å². The summed E-state index contributed by atoms with van der Waals surface area (Å²) in [7, 11) is 1.51. The minimum absolute atomic E-state index is 0.108. The van der Waals surface area contributed by atoms with Gasteiger partial charge in [0.2, 0.25) is 0 Å². The first kappa shape index (κ1) is 18.4. The van der Waals surface area contributed by atoms with Crippen LogP contribution in [0.15, 0.2) is 60.8 Å². The zero-order valence-corrected chi connectivity index (χ0v) is 15.2. The Bertz CT molecular complexity index is 1120. The van der Waals surface area contributed by atoms with Crippen LogP contribution in [0.5, 0.6) is 5.75 Å². The molecule has 0 aliphatic carbocycles. The van der Waals surface area contributed by atoms with Crippen molar-refractivity contribution in [1.29, 1.82) is 0 Å². The van der Waals surface area contributed by atoms with Gasteiger partial charge in [0.15, 0.2) is 6.17 Å². The number of halogens is 1. The lowest BCUT2D eigenvalue weighted by Crippen LogP contribution is -2.32. The number of benzene rings is 2. The molecule has 1 amide bonds. The Labute approximate surface area is 164 Å². The zero-order chi connectivity index (χ0) is 20.5. The Hall–Kier alpha value is -4.01. The molecule has 3 aromatic rings. The quantitative estimate of drug-likeness (QED) is 0.521. The number of carbonyl (C=O) groups excluding carboxylic acids is 1. The maximum atomic E-state index is 14.4. The summed E-state index contributed by atoms with van der Waals surface area (Å²) in [5, 5.41) is 14.0. The second-order valence-electron chi connectivity index (χ2n) is 6.28. The average Bonchev–Trinajstić information content (AvgIpc) is 3.01. The molecule has 2 aromatic carbocycles. The average molecular weight is 394 g/mol. The highest BCUT2D eigenvalue weighted by atomic mass is 19.1. The van der Waals surface area contributed by atoms with E-state index in [4.69, 9.17) is 4.74 Å². The summed E-state index contributed by atoms with van der Waals surface area (Å²) in [5.74, 6) is -0.470. The molecule has 0 saturated heterocycles. The fourth-order valence-corrected chi connectivity index (χ4v) is 3.23. The number of pyridine rings is 1. The van der Waals surface area contributed by atoms with Crippen molar-refractivity contribution in [3.8, 4) is 5.75 Å². The number of rotatable bonds is 5. The number of nitrogens with one attached hydrogen (secondary N) is 1. The van der Waals surface area contributed by atoms with Crippen LogP contribution in [0.4, 0.5) is 21.5 Å². The van der Waals surface area contributed by atoms with Crippen LogP contribution in [-0.4, -0.2) is 22.9 Å². The monoisotopic (exact) mass is 394 g/mol. The molecule has 0 radical (unpaired) electrons. The van der Waals surface area contributed by atoms with Crippen LogP contribution in [0.2, 0.25) is 0 Å². The van der Waals surface area contributed by atoms with Gasteiger partial charge < -0.3 is 10.1 Å². The highest BCUT2D eigenvalue weighted by Gasteiger charge is 2.39. The second-order valence-corrected chi connectivity index (χ2v) is 6.28. The van der Waals surface area contributed by atoms with Crippen molar-refractivity contribution in [3.05, 3.63) is 88.0 Å². The van der Waals surface area contributed by atoms with Gasteiger partial charge in [-0.05, 0) is 30.3 Å². The van der Waals surface area contributed by atoms with Crippen molar-refractivity contribution in [2.24, 2.45) is 0 Å². The minimum atomic E-state index is -0.859. The number of non-ortho nitro benzene ring substituents is 1. The molecule has 146 valence electrons. The lowest BCUT2D eigenvalue weighted by molar-refractivity contribution is -0.384. The molecule has 1 N–H and O–H groups in total. The number of carbonyl (C=O) groups is 1. The van der Waals surface area contributed by atoms with E-state index in [2.05, 4.69) is 10.3 Å². The number of ether oxygens (including phenoxy) is 1. The number of methoxy groups -OCH3 is 1.